The Balaban J connectivity index is 1.06. The van der Waals surface area contributed by atoms with E-state index in [0.29, 0.717) is 0 Å². The van der Waals surface area contributed by atoms with Crippen molar-refractivity contribution in [3.05, 3.63) is 0 Å². The number of carbonyl (C=O) groups excluding carboxylic acids is 1. The Kier molecular flexibility index (Phi) is 30.2. The number of nitrogens with one attached hydrogen (secondary N) is 1. The van der Waals surface area contributed by atoms with Crippen molar-refractivity contribution in [2.75, 3.05) is 59.5 Å². The van der Waals surface area contributed by atoms with Gasteiger partial charge in [-0.15, -0.1) is 0 Å². The minimum atomic E-state index is -2.51. The fourth-order valence-electron chi connectivity index (χ4n) is 13.1. The number of hydrogen-bond donors (Lipinski definition) is 29. The minimum absolute atomic E-state index is 0.849. The van der Waals surface area contributed by atoms with Crippen LogP contribution in [-0.2, 0) is 85.3 Å². The van der Waals surface area contributed by atoms with Gasteiger partial charge >= 0.3 is 0 Å². The first-order valence-electron chi connectivity index (χ1n) is 32.7. The number of rotatable bonds is 26. The highest BCUT2D eigenvalue weighted by molar-refractivity contribution is 5.73. The van der Waals surface area contributed by atoms with Crippen LogP contribution in [0.5, 0.6) is 0 Å². The highest BCUT2D eigenvalue weighted by Gasteiger charge is 2.60. The molecule has 0 aromatic heterocycles. The number of aliphatic hydroxyl groups excluding tert-OH is 28. The summed E-state index contributed by atoms with van der Waals surface area (Å²) in [7, 11) is 0. The second kappa shape index (κ2) is 36.7. The zero-order valence-corrected chi connectivity index (χ0v) is 54.2. The normalized spacial score (nSPS) is 52.4. The van der Waals surface area contributed by atoms with E-state index in [1.54, 1.807) is 0 Å². The van der Waals surface area contributed by atoms with Crippen molar-refractivity contribution in [3.63, 3.8) is 0 Å². The van der Waals surface area contributed by atoms with Gasteiger partial charge in [-0.1, -0.05) is 0 Å². The molecule has 9 aliphatic rings. The largest absolute Gasteiger partial charge is 0.394 e. The maximum Gasteiger partial charge on any atom is 0.217 e. The molecule has 9 aliphatic heterocycles. The van der Waals surface area contributed by atoms with Gasteiger partial charge in [0.2, 0.25) is 5.91 Å². The highest BCUT2D eigenvalue weighted by atomic mass is 16.8. The van der Waals surface area contributed by atoms with Crippen molar-refractivity contribution in [3.8, 4) is 0 Å². The van der Waals surface area contributed by atoms with Crippen LogP contribution in [0.3, 0.4) is 0 Å². The third-order valence-electron chi connectivity index (χ3n) is 19.1. The molecule has 0 aliphatic carbocycles. The predicted molar refractivity (Wildman–Crippen MR) is 309 cm³/mol. The molecule has 9 rings (SSSR count). The molecule has 0 saturated carbocycles. The molecule has 600 valence electrons. The van der Waals surface area contributed by atoms with Crippen LogP contribution in [0.15, 0.2) is 0 Å². The molecular formula is C56H95NO46. The van der Waals surface area contributed by atoms with Crippen LogP contribution in [0.1, 0.15) is 6.92 Å². The molecular weight excluding hydrogens is 1420 g/mol. The lowest BCUT2D eigenvalue weighted by molar-refractivity contribution is -0.400. The lowest BCUT2D eigenvalue weighted by Crippen LogP contribution is -2.69. The lowest BCUT2D eigenvalue weighted by Gasteiger charge is -2.50. The van der Waals surface area contributed by atoms with E-state index in [9.17, 15) is 148 Å². The molecule has 0 radical (unpaired) electrons. The van der Waals surface area contributed by atoms with Gasteiger partial charge in [0.15, 0.2) is 56.6 Å². The summed E-state index contributed by atoms with van der Waals surface area (Å²) < 4.78 is 98.4. The predicted octanol–water partition coefficient (Wildman–Crippen LogP) is -20.5. The molecule has 1 amide bonds. The van der Waals surface area contributed by atoms with E-state index >= 15 is 0 Å². The van der Waals surface area contributed by atoms with Gasteiger partial charge in [0, 0.05) is 6.92 Å². The first-order chi connectivity index (χ1) is 48.8. The lowest BCUT2D eigenvalue weighted by atomic mass is 9.95. The van der Waals surface area contributed by atoms with Crippen molar-refractivity contribution in [1.29, 1.82) is 0 Å². The zero-order valence-electron chi connectivity index (χ0n) is 54.2. The second-order valence-electron chi connectivity index (χ2n) is 26.0. The van der Waals surface area contributed by atoms with E-state index in [1.807, 2.05) is 0 Å². The van der Waals surface area contributed by atoms with Crippen LogP contribution in [0, 0.1) is 0 Å². The third-order valence-corrected chi connectivity index (χ3v) is 19.1. The van der Waals surface area contributed by atoms with Crippen molar-refractivity contribution < 1.29 is 228 Å². The standard InChI is InChI=1S/C56H95NO46/c1-11(65)57-21-30(74)42(18(8-64)89-48(21)86)98-53-41(85)44(100-56-47(36(80)27(71)17(7-63)95-56)103-52-39(83)33(77)24(68)14(4-60)92-52)29(73)20(97-53)9-87-49-40(84)43(99-55-46(35(79)26(70)16(6-62)94-55)102-51-38(82)32(76)23(67)13(3-59)91-51)28(72)19(96-49)10-88-54-45(34(78)25(69)15(5-61)93-54)101-50-37(81)31(75)22(66)12(2-58)90-50/h12-56,58-64,66-86H,2-10H2,1H3,(H,57,65)/t12-,13-,14-,15-,16-,17-,18-,19-,20-,21-,22-,23-,24-,25-,26-,27-,28-,29-,30-,31+,32+,33+,34+,35+,36+,37+,38+,39+,40+,41+,42-,43+,44+,45+,46+,47+,48?,49+,50-,51-,52-,53+,54-,55-,56-/m1/s1. The van der Waals surface area contributed by atoms with Crippen LogP contribution in [-0.4, -0.2) is 485 Å². The quantitative estimate of drug-likeness (QED) is 0.0382. The van der Waals surface area contributed by atoms with Gasteiger partial charge in [-0.2, -0.15) is 0 Å². The van der Waals surface area contributed by atoms with Gasteiger partial charge in [-0.3, -0.25) is 4.79 Å². The van der Waals surface area contributed by atoms with Crippen molar-refractivity contribution >= 4 is 5.91 Å². The van der Waals surface area contributed by atoms with Crippen LogP contribution in [0.25, 0.3) is 0 Å². The summed E-state index contributed by atoms with van der Waals surface area (Å²) in [6.45, 7) is -8.82. The smallest absolute Gasteiger partial charge is 0.217 e. The van der Waals surface area contributed by atoms with Crippen molar-refractivity contribution in [2.24, 2.45) is 0 Å². The molecule has 0 spiro atoms. The number of ether oxygens (including phenoxy) is 17. The van der Waals surface area contributed by atoms with E-state index in [-0.39, 0.29) is 0 Å². The molecule has 47 nitrogen and oxygen atoms in total. The average molecular weight is 1520 g/mol. The Hall–Kier alpha value is -2.33. The molecule has 9 saturated heterocycles. The summed E-state index contributed by atoms with van der Waals surface area (Å²) in [4.78, 5) is 12.3. The summed E-state index contributed by atoms with van der Waals surface area (Å²) >= 11 is 0. The Morgan fingerprint density at radius 3 is 0.864 bits per heavy atom. The Morgan fingerprint density at radius 2 is 0.515 bits per heavy atom. The topological polar surface area (TPSA) is 752 Å². The van der Waals surface area contributed by atoms with Crippen LogP contribution >= 0.6 is 0 Å². The van der Waals surface area contributed by atoms with Crippen LogP contribution in [0.4, 0.5) is 0 Å². The molecule has 29 N–H and O–H groups in total. The molecule has 1 unspecified atom stereocenters. The maximum absolute atomic E-state index is 12.4. The molecule has 9 fully saturated rings. The molecule has 103 heavy (non-hydrogen) atoms. The van der Waals surface area contributed by atoms with Crippen molar-refractivity contribution in [1.82, 2.24) is 5.32 Å². The summed E-state index contributed by atoms with van der Waals surface area (Å²) in [5.41, 5.74) is 0. The van der Waals surface area contributed by atoms with Crippen LogP contribution in [0.2, 0.25) is 0 Å². The Morgan fingerprint density at radius 1 is 0.252 bits per heavy atom. The van der Waals surface area contributed by atoms with Gasteiger partial charge in [-0.25, -0.2) is 0 Å². The average Bonchev–Trinajstić information content (AvgIpc) is 0.774. The maximum atomic E-state index is 12.4. The summed E-state index contributed by atoms with van der Waals surface area (Å²) in [6.07, 6.45) is -93.5. The molecule has 0 aromatic rings. The number of amides is 1. The fourth-order valence-corrected chi connectivity index (χ4v) is 13.1. The van der Waals surface area contributed by atoms with E-state index in [1.165, 1.54) is 0 Å². The van der Waals surface area contributed by atoms with Gasteiger partial charge in [0.25, 0.3) is 0 Å². The fraction of sp³-hybridized carbons (Fsp3) is 0.982. The van der Waals surface area contributed by atoms with Gasteiger partial charge in [0.1, 0.15) is 220 Å². The minimum Gasteiger partial charge on any atom is -0.394 e. The van der Waals surface area contributed by atoms with E-state index < -0.39 is 342 Å². The highest BCUT2D eigenvalue weighted by Crippen LogP contribution is 2.39. The van der Waals surface area contributed by atoms with Crippen LogP contribution < -0.4 is 5.32 Å². The first-order valence-corrected chi connectivity index (χ1v) is 32.7. The van der Waals surface area contributed by atoms with E-state index in [2.05, 4.69) is 5.32 Å². The van der Waals surface area contributed by atoms with Gasteiger partial charge < -0.3 is 229 Å². The Bertz CT molecular complexity index is 2580. The molecule has 9 heterocycles. The summed E-state index contributed by atoms with van der Waals surface area (Å²) in [5.74, 6) is -0.849. The van der Waals surface area contributed by atoms with E-state index in [0.717, 1.165) is 6.92 Å². The number of carbonyl (C=O) groups is 1. The van der Waals surface area contributed by atoms with E-state index in [4.69, 9.17) is 80.5 Å². The Labute approximate surface area is 581 Å². The monoisotopic (exact) mass is 1520 g/mol. The third kappa shape index (κ3) is 18.0. The SMILES string of the molecule is CC(=O)N[C@H]1C(O)O[C@H](CO)[C@@H](O[C@@H]2O[C@H](CO[C@H]3O[C@H](CO[C@@H]4O[C@H](CO)[C@@H](O)[C@H](O)[C@@H]4O[C@H]4O[C@H](CO)[C@@H](O)[C@H](O)[C@@H]4O)[C@@H](O)[C@H](O[C@H]4O[C@H](CO)[C@@H](O)[C@H](O)[C@@H]4O[C@H]4O[C@H](CO)[C@@H](O)[C@H](O)[C@@H]4O)[C@@H]3O)[C@@H](O)[C@H](O[C@H]3O[C@H](CO)[C@@H](O)[C@H](O)[C@@H]3O[C@H]3O[C@H](CO)[C@@H](O)[C@H](O)[C@@H]3O)[C@@H]2O)[C@@H]1O. The summed E-state index contributed by atoms with van der Waals surface area (Å²) in [6, 6.07) is -1.76. The van der Waals surface area contributed by atoms with Gasteiger partial charge in [0.05, 0.1) is 59.5 Å². The number of aliphatic hydroxyl groups is 28. The zero-order chi connectivity index (χ0) is 75.6. The van der Waals surface area contributed by atoms with Gasteiger partial charge in [-0.05, 0) is 0 Å². The first kappa shape index (κ1) is 84.7. The molecule has 47 heteroatoms. The summed E-state index contributed by atoms with van der Waals surface area (Å²) in [5, 5.41) is 308. The number of hydrogen-bond acceptors (Lipinski definition) is 46. The molecule has 0 aromatic carbocycles. The molecule has 45 atom stereocenters. The van der Waals surface area contributed by atoms with Crippen molar-refractivity contribution in [2.45, 2.75) is 283 Å². The second-order valence-corrected chi connectivity index (χ2v) is 26.0. The molecule has 0 bridgehead atoms.